The van der Waals surface area contributed by atoms with Crippen molar-refractivity contribution in [1.82, 2.24) is 10.3 Å². The Balaban J connectivity index is 1.86. The van der Waals surface area contributed by atoms with Gasteiger partial charge in [0.25, 0.3) is 5.91 Å². The Kier molecular flexibility index (Phi) is 6.48. The van der Waals surface area contributed by atoms with Gasteiger partial charge in [0, 0.05) is 12.7 Å². The molecule has 1 N–H and O–H groups in total. The van der Waals surface area contributed by atoms with E-state index in [0.29, 0.717) is 31.0 Å². The van der Waals surface area contributed by atoms with E-state index in [-0.39, 0.29) is 11.7 Å². The second-order valence-electron chi connectivity index (χ2n) is 4.82. The number of aromatic nitrogens is 1. The highest BCUT2D eigenvalue weighted by molar-refractivity contribution is 5.96. The molecule has 1 aromatic carbocycles. The maximum Gasteiger partial charge on any atom is 0.387 e. The Morgan fingerprint density at radius 1 is 1.25 bits per heavy atom. The van der Waals surface area contributed by atoms with Crippen LogP contribution in [0, 0.1) is 0 Å². The molecule has 2 rings (SSSR count). The van der Waals surface area contributed by atoms with Crippen LogP contribution in [-0.4, -0.2) is 30.7 Å². The van der Waals surface area contributed by atoms with Gasteiger partial charge in [-0.2, -0.15) is 8.78 Å². The van der Waals surface area contributed by atoms with Gasteiger partial charge in [0.2, 0.25) is 5.88 Å². The minimum absolute atomic E-state index is 0.106. The summed E-state index contributed by atoms with van der Waals surface area (Å²) in [6, 6.07) is 9.61. The van der Waals surface area contributed by atoms with Crippen LogP contribution in [0.15, 0.2) is 42.6 Å². The lowest BCUT2D eigenvalue weighted by atomic mass is 10.1. The molecule has 2 aromatic rings. The van der Waals surface area contributed by atoms with E-state index in [9.17, 15) is 13.6 Å². The highest BCUT2D eigenvalue weighted by atomic mass is 19.3. The van der Waals surface area contributed by atoms with Gasteiger partial charge in [-0.25, -0.2) is 4.98 Å². The molecule has 0 saturated carbocycles. The third kappa shape index (κ3) is 5.19. The van der Waals surface area contributed by atoms with E-state index in [2.05, 4.69) is 15.0 Å². The van der Waals surface area contributed by atoms with Gasteiger partial charge in [-0.1, -0.05) is 12.1 Å². The van der Waals surface area contributed by atoms with Crippen LogP contribution in [0.2, 0.25) is 0 Å². The number of carbonyl (C=O) groups excluding carboxylic acids is 1. The zero-order valence-corrected chi connectivity index (χ0v) is 13.2. The van der Waals surface area contributed by atoms with Crippen molar-refractivity contribution in [3.63, 3.8) is 0 Å². The molecule has 0 aliphatic heterocycles. The van der Waals surface area contributed by atoms with Crippen LogP contribution in [0.1, 0.15) is 22.8 Å². The Morgan fingerprint density at radius 3 is 2.67 bits per heavy atom. The van der Waals surface area contributed by atoms with E-state index in [0.717, 1.165) is 5.56 Å². The van der Waals surface area contributed by atoms with Crippen LogP contribution in [0.3, 0.4) is 0 Å². The lowest BCUT2D eigenvalue weighted by Crippen LogP contribution is -2.26. The van der Waals surface area contributed by atoms with E-state index in [1.807, 2.05) is 6.92 Å². The third-order valence-corrected chi connectivity index (χ3v) is 3.14. The molecule has 0 atom stereocenters. The first-order valence-corrected chi connectivity index (χ1v) is 7.50. The van der Waals surface area contributed by atoms with Gasteiger partial charge >= 0.3 is 6.61 Å². The quantitative estimate of drug-likeness (QED) is 0.805. The van der Waals surface area contributed by atoms with Crippen LogP contribution in [-0.2, 0) is 6.42 Å². The van der Waals surface area contributed by atoms with Crippen molar-refractivity contribution >= 4 is 5.91 Å². The normalized spacial score (nSPS) is 10.5. The highest BCUT2D eigenvalue weighted by Gasteiger charge is 2.12. The molecule has 5 nitrogen and oxygen atoms in total. The van der Waals surface area contributed by atoms with E-state index in [1.165, 1.54) is 12.1 Å². The fourth-order valence-electron chi connectivity index (χ4n) is 2.07. The van der Waals surface area contributed by atoms with Gasteiger partial charge in [0.15, 0.2) is 0 Å². The van der Waals surface area contributed by atoms with Crippen molar-refractivity contribution in [1.29, 1.82) is 0 Å². The van der Waals surface area contributed by atoms with Gasteiger partial charge in [0.05, 0.1) is 6.61 Å². The highest BCUT2D eigenvalue weighted by Crippen LogP contribution is 2.16. The van der Waals surface area contributed by atoms with Crippen molar-refractivity contribution in [3.8, 4) is 11.6 Å². The molecule has 24 heavy (non-hydrogen) atoms. The second-order valence-corrected chi connectivity index (χ2v) is 4.82. The largest absolute Gasteiger partial charge is 0.477 e. The number of amides is 1. The first kappa shape index (κ1) is 17.7. The van der Waals surface area contributed by atoms with E-state index < -0.39 is 6.61 Å². The average molecular weight is 336 g/mol. The molecule has 1 aromatic heterocycles. The number of benzene rings is 1. The van der Waals surface area contributed by atoms with Gasteiger partial charge in [-0.15, -0.1) is 0 Å². The van der Waals surface area contributed by atoms with Crippen molar-refractivity contribution in [2.75, 3.05) is 13.2 Å². The summed E-state index contributed by atoms with van der Waals surface area (Å²) in [6.07, 6.45) is 2.12. The number of ether oxygens (including phenoxy) is 2. The number of pyridine rings is 1. The Hall–Kier alpha value is -2.70. The molecule has 7 heteroatoms. The fourth-order valence-corrected chi connectivity index (χ4v) is 2.07. The number of rotatable bonds is 8. The zero-order chi connectivity index (χ0) is 17.4. The maximum absolute atomic E-state index is 12.2. The Labute approximate surface area is 138 Å². The summed E-state index contributed by atoms with van der Waals surface area (Å²) in [6.45, 7) is -0.203. The lowest BCUT2D eigenvalue weighted by molar-refractivity contribution is -0.0498. The lowest BCUT2D eigenvalue weighted by Gasteiger charge is -2.10. The molecule has 0 bridgehead atoms. The molecule has 0 unspecified atom stereocenters. The second kappa shape index (κ2) is 8.81. The van der Waals surface area contributed by atoms with Crippen molar-refractivity contribution < 1.29 is 23.0 Å². The number of halogens is 2. The topological polar surface area (TPSA) is 60.5 Å². The molecule has 0 saturated heterocycles. The number of alkyl halides is 2. The number of hydrogen-bond acceptors (Lipinski definition) is 4. The molecule has 0 aliphatic carbocycles. The summed E-state index contributed by atoms with van der Waals surface area (Å²) in [7, 11) is 0. The van der Waals surface area contributed by atoms with Crippen LogP contribution < -0.4 is 14.8 Å². The zero-order valence-electron chi connectivity index (χ0n) is 13.2. The van der Waals surface area contributed by atoms with Crippen LogP contribution in [0.25, 0.3) is 0 Å². The predicted molar refractivity (Wildman–Crippen MR) is 84.5 cm³/mol. The average Bonchev–Trinajstić information content (AvgIpc) is 2.56. The van der Waals surface area contributed by atoms with Crippen molar-refractivity contribution in [3.05, 3.63) is 53.7 Å². The Morgan fingerprint density at radius 2 is 2.00 bits per heavy atom. The summed E-state index contributed by atoms with van der Waals surface area (Å²) >= 11 is 0. The first-order valence-electron chi connectivity index (χ1n) is 7.50. The monoisotopic (exact) mass is 336 g/mol. The third-order valence-electron chi connectivity index (χ3n) is 3.14. The molecule has 0 aliphatic rings. The molecule has 0 spiro atoms. The summed E-state index contributed by atoms with van der Waals surface area (Å²) in [5, 5.41) is 2.78. The van der Waals surface area contributed by atoms with Gasteiger partial charge in [0.1, 0.15) is 11.3 Å². The smallest absolute Gasteiger partial charge is 0.387 e. The molecule has 1 amide bonds. The van der Waals surface area contributed by atoms with E-state index >= 15 is 0 Å². The standard InChI is InChI=1S/C17H18F2N2O3/c1-2-23-16-14(4-3-10-21-16)15(22)20-11-9-12-5-7-13(8-6-12)24-17(18)19/h3-8,10,17H,2,9,11H2,1H3,(H,20,22). The van der Waals surface area contributed by atoms with Crippen molar-refractivity contribution in [2.24, 2.45) is 0 Å². The van der Waals surface area contributed by atoms with Gasteiger partial charge in [-0.05, 0) is 43.2 Å². The fraction of sp³-hybridized carbons (Fsp3) is 0.294. The Bertz CT molecular complexity index is 663. The first-order chi connectivity index (χ1) is 11.6. The SMILES string of the molecule is CCOc1ncccc1C(=O)NCCc1ccc(OC(F)F)cc1. The maximum atomic E-state index is 12.2. The van der Waals surface area contributed by atoms with Gasteiger partial charge in [-0.3, -0.25) is 4.79 Å². The summed E-state index contributed by atoms with van der Waals surface area (Å²) in [5.74, 6) is 0.129. The summed E-state index contributed by atoms with van der Waals surface area (Å²) in [5.41, 5.74) is 1.27. The van der Waals surface area contributed by atoms with E-state index in [1.54, 1.807) is 30.5 Å². The minimum Gasteiger partial charge on any atom is -0.477 e. The van der Waals surface area contributed by atoms with Crippen LogP contribution >= 0.6 is 0 Å². The summed E-state index contributed by atoms with van der Waals surface area (Å²) < 4.78 is 33.8. The number of hydrogen-bond donors (Lipinski definition) is 1. The number of nitrogens with one attached hydrogen (secondary N) is 1. The molecular formula is C17H18F2N2O3. The summed E-state index contributed by atoms with van der Waals surface area (Å²) in [4.78, 5) is 16.2. The van der Waals surface area contributed by atoms with Crippen molar-refractivity contribution in [2.45, 2.75) is 20.0 Å². The van der Waals surface area contributed by atoms with Crippen LogP contribution in [0.4, 0.5) is 8.78 Å². The molecule has 0 radical (unpaired) electrons. The van der Waals surface area contributed by atoms with Crippen LogP contribution in [0.5, 0.6) is 11.6 Å². The molecule has 0 fully saturated rings. The predicted octanol–water partition coefficient (Wildman–Crippen LogP) is 3.05. The number of carbonyl (C=O) groups is 1. The molecular weight excluding hydrogens is 318 g/mol. The molecule has 128 valence electrons. The number of nitrogens with zero attached hydrogens (tertiary/aromatic N) is 1. The molecule has 1 heterocycles. The van der Waals surface area contributed by atoms with Gasteiger partial charge < -0.3 is 14.8 Å². The van der Waals surface area contributed by atoms with E-state index in [4.69, 9.17) is 4.74 Å². The minimum atomic E-state index is -2.84.